The summed E-state index contributed by atoms with van der Waals surface area (Å²) in [7, 11) is 2.19. The van der Waals surface area contributed by atoms with E-state index in [2.05, 4.69) is 34.0 Å². The molecule has 6 heteroatoms. The Morgan fingerprint density at radius 2 is 1.81 bits per heavy atom. The highest BCUT2D eigenvalue weighted by Crippen LogP contribution is 2.60. The van der Waals surface area contributed by atoms with Gasteiger partial charge in [0.15, 0.2) is 11.4 Å². The van der Waals surface area contributed by atoms with Gasteiger partial charge < -0.3 is 14.6 Å². The number of imidazole rings is 1. The molecule has 2 aromatic carbocycles. The molecule has 6 nitrogen and oxygen atoms in total. The number of nitrogens with one attached hydrogen (secondary N) is 1. The molecule has 1 aliphatic carbocycles. The van der Waals surface area contributed by atoms with Crippen LogP contribution in [0.15, 0.2) is 60.8 Å². The average molecular weight is 495 g/mol. The van der Waals surface area contributed by atoms with Crippen LogP contribution in [-0.2, 0) is 0 Å². The lowest BCUT2D eigenvalue weighted by Crippen LogP contribution is -2.28. The van der Waals surface area contributed by atoms with Crippen molar-refractivity contribution in [3.63, 3.8) is 0 Å². The lowest BCUT2D eigenvalue weighted by Gasteiger charge is -2.24. The molecule has 2 atom stereocenters. The van der Waals surface area contributed by atoms with Gasteiger partial charge in [0, 0.05) is 28.3 Å². The van der Waals surface area contributed by atoms with Crippen molar-refractivity contribution in [1.82, 2.24) is 19.9 Å². The smallest absolute Gasteiger partial charge is 0.178 e. The number of likely N-dealkylation sites (tertiary alicyclic amines) is 1. The van der Waals surface area contributed by atoms with E-state index in [1.807, 2.05) is 56.3 Å². The Bertz CT molecular complexity index is 1420. The molecule has 37 heavy (non-hydrogen) atoms. The van der Waals surface area contributed by atoms with E-state index >= 15 is 0 Å². The number of pyridine rings is 1. The van der Waals surface area contributed by atoms with Gasteiger partial charge in [-0.2, -0.15) is 0 Å². The number of H-pyrrole nitrogens is 1. The average Bonchev–Trinajstić information content (AvgIpc) is 3.40. The first-order valence-electron chi connectivity index (χ1n) is 13.4. The maximum absolute atomic E-state index is 13.5. The third kappa shape index (κ3) is 4.55. The van der Waals surface area contributed by atoms with Gasteiger partial charge in [0.25, 0.3) is 0 Å². The first-order valence-corrected chi connectivity index (χ1v) is 13.4. The standard InChI is InChI=1S/C31H34N4O2/c1-20(2)37-25-11-9-21(10-12-25)26-13-16-32-30-27(26)33-29(34-30)23-7-5-22(6-8-23)28(36)31-15-4-17-35(3)18-14-24(31)19-31/h5-13,16,20,24H,4,14-15,17-19H2,1-3H3,(H,32,33,34). The number of Topliss-reactive ketones (excluding diaryl/α,β-unsaturated/α-hetero) is 1. The van der Waals surface area contributed by atoms with Crippen molar-refractivity contribution in [1.29, 1.82) is 0 Å². The van der Waals surface area contributed by atoms with Crippen molar-refractivity contribution < 1.29 is 9.53 Å². The summed E-state index contributed by atoms with van der Waals surface area (Å²) in [5, 5.41) is 0. The summed E-state index contributed by atoms with van der Waals surface area (Å²) in [5.41, 5.74) is 5.33. The molecule has 6 rings (SSSR count). The fourth-order valence-corrected chi connectivity index (χ4v) is 5.95. The van der Waals surface area contributed by atoms with Gasteiger partial charge >= 0.3 is 0 Å². The zero-order chi connectivity index (χ0) is 25.6. The summed E-state index contributed by atoms with van der Waals surface area (Å²) in [6.07, 6.45) is 6.20. The molecule has 2 unspecified atom stereocenters. The molecule has 0 radical (unpaired) electrons. The number of ketones is 1. The summed E-state index contributed by atoms with van der Waals surface area (Å²) < 4.78 is 5.79. The van der Waals surface area contributed by atoms with Crippen LogP contribution in [0.3, 0.4) is 0 Å². The van der Waals surface area contributed by atoms with Gasteiger partial charge in [0.2, 0.25) is 0 Å². The van der Waals surface area contributed by atoms with Crippen molar-refractivity contribution in [3.8, 4) is 28.3 Å². The molecule has 1 saturated carbocycles. The molecular formula is C31H34N4O2. The summed E-state index contributed by atoms with van der Waals surface area (Å²) >= 11 is 0. The highest BCUT2D eigenvalue weighted by molar-refractivity contribution is 6.03. The first kappa shape index (κ1) is 23.9. The second kappa shape index (κ2) is 9.42. The Morgan fingerprint density at radius 3 is 2.57 bits per heavy atom. The van der Waals surface area contributed by atoms with E-state index in [4.69, 9.17) is 9.72 Å². The van der Waals surface area contributed by atoms with Crippen LogP contribution in [0.4, 0.5) is 0 Å². The molecule has 0 spiro atoms. The second-order valence-electron chi connectivity index (χ2n) is 11.0. The van der Waals surface area contributed by atoms with Crippen LogP contribution >= 0.6 is 0 Å². The number of carbonyl (C=O) groups is 1. The van der Waals surface area contributed by atoms with Gasteiger partial charge in [-0.3, -0.25) is 4.79 Å². The third-order valence-electron chi connectivity index (χ3n) is 8.06. The second-order valence-corrected chi connectivity index (χ2v) is 11.0. The summed E-state index contributed by atoms with van der Waals surface area (Å²) in [5.74, 6) is 2.47. The minimum atomic E-state index is -0.128. The quantitative estimate of drug-likeness (QED) is 0.315. The minimum Gasteiger partial charge on any atom is -0.491 e. The molecule has 1 aliphatic heterocycles. The number of nitrogens with zero attached hydrogens (tertiary/aromatic N) is 3. The molecule has 0 bridgehead atoms. The fraction of sp³-hybridized carbons (Fsp3) is 0.387. The van der Waals surface area contributed by atoms with E-state index in [-0.39, 0.29) is 11.5 Å². The van der Waals surface area contributed by atoms with Gasteiger partial charge in [-0.25, -0.2) is 9.97 Å². The van der Waals surface area contributed by atoms with Crippen molar-refractivity contribution in [2.24, 2.45) is 11.3 Å². The number of ether oxygens (including phenoxy) is 1. The normalized spacial score (nSPS) is 21.9. The van der Waals surface area contributed by atoms with Crippen LogP contribution in [0.5, 0.6) is 5.75 Å². The topological polar surface area (TPSA) is 71.1 Å². The predicted molar refractivity (Wildman–Crippen MR) is 147 cm³/mol. The van der Waals surface area contributed by atoms with Crippen molar-refractivity contribution in [2.75, 3.05) is 20.1 Å². The number of hydrogen-bond donors (Lipinski definition) is 1. The third-order valence-corrected chi connectivity index (χ3v) is 8.06. The monoisotopic (exact) mass is 494 g/mol. The number of rotatable bonds is 6. The SMILES string of the molecule is CC(C)Oc1ccc(-c2ccnc3nc(-c4ccc(C(=O)C56CCCN(C)CCC5C6)cc4)[nH]c23)cc1. The number of fused-ring (bicyclic) bond motifs is 2. The molecule has 0 amide bonds. The molecule has 2 aliphatic rings. The summed E-state index contributed by atoms with van der Waals surface area (Å²) in [6.45, 7) is 6.22. The molecule has 2 fully saturated rings. The predicted octanol–water partition coefficient (Wildman–Crippen LogP) is 6.38. The highest BCUT2D eigenvalue weighted by Gasteiger charge is 2.58. The number of benzene rings is 2. The lowest BCUT2D eigenvalue weighted by atomic mass is 9.86. The van der Waals surface area contributed by atoms with E-state index < -0.39 is 0 Å². The van der Waals surface area contributed by atoms with Gasteiger partial charge in [0.1, 0.15) is 11.6 Å². The molecule has 1 N–H and O–H groups in total. The molecule has 190 valence electrons. The largest absolute Gasteiger partial charge is 0.491 e. The zero-order valence-corrected chi connectivity index (χ0v) is 21.8. The maximum Gasteiger partial charge on any atom is 0.178 e. The number of carbonyl (C=O) groups excluding carboxylic acids is 1. The first-order chi connectivity index (χ1) is 17.9. The van der Waals surface area contributed by atoms with Crippen LogP contribution in [0.25, 0.3) is 33.7 Å². The number of hydrogen-bond acceptors (Lipinski definition) is 5. The van der Waals surface area contributed by atoms with Crippen LogP contribution in [0.2, 0.25) is 0 Å². The number of aromatic amines is 1. The van der Waals surface area contributed by atoms with Crippen LogP contribution in [0, 0.1) is 11.3 Å². The van der Waals surface area contributed by atoms with Gasteiger partial charge in [-0.05, 0) is 89.3 Å². The lowest BCUT2D eigenvalue weighted by molar-refractivity contribution is 0.0861. The minimum absolute atomic E-state index is 0.128. The Morgan fingerprint density at radius 1 is 1.05 bits per heavy atom. The van der Waals surface area contributed by atoms with Crippen molar-refractivity contribution >= 4 is 16.9 Å². The van der Waals surface area contributed by atoms with Crippen molar-refractivity contribution in [3.05, 3.63) is 66.4 Å². The van der Waals surface area contributed by atoms with Crippen LogP contribution < -0.4 is 4.74 Å². The summed E-state index contributed by atoms with van der Waals surface area (Å²) in [4.78, 5) is 28.7. The molecule has 2 aromatic heterocycles. The zero-order valence-electron chi connectivity index (χ0n) is 21.8. The highest BCUT2D eigenvalue weighted by atomic mass is 16.5. The maximum atomic E-state index is 13.5. The van der Waals surface area contributed by atoms with Gasteiger partial charge in [-0.15, -0.1) is 0 Å². The van der Waals surface area contributed by atoms with E-state index in [0.717, 1.165) is 78.1 Å². The van der Waals surface area contributed by atoms with E-state index in [1.165, 1.54) is 0 Å². The fourth-order valence-electron chi connectivity index (χ4n) is 5.95. The number of aromatic nitrogens is 3. The van der Waals surface area contributed by atoms with Gasteiger partial charge in [0.05, 0.1) is 11.6 Å². The van der Waals surface area contributed by atoms with Crippen LogP contribution in [-0.4, -0.2) is 51.9 Å². The van der Waals surface area contributed by atoms with E-state index in [9.17, 15) is 4.79 Å². The van der Waals surface area contributed by atoms with E-state index in [1.54, 1.807) is 6.20 Å². The molecular weight excluding hydrogens is 460 g/mol. The Hall–Kier alpha value is -3.51. The van der Waals surface area contributed by atoms with Crippen LogP contribution in [0.1, 0.15) is 49.9 Å². The Labute approximate surface area is 218 Å². The summed E-state index contributed by atoms with van der Waals surface area (Å²) in [6, 6.07) is 18.1. The molecule has 3 heterocycles. The Balaban J connectivity index is 1.24. The molecule has 4 aromatic rings. The van der Waals surface area contributed by atoms with E-state index in [0.29, 0.717) is 17.3 Å². The van der Waals surface area contributed by atoms with Gasteiger partial charge in [-0.1, -0.05) is 36.4 Å². The van der Waals surface area contributed by atoms with Crippen molar-refractivity contribution in [2.45, 2.75) is 45.6 Å². The molecule has 1 saturated heterocycles. The Kier molecular flexibility index (Phi) is 6.07.